The van der Waals surface area contributed by atoms with Gasteiger partial charge in [-0.05, 0) is 12.1 Å². The highest BCUT2D eigenvalue weighted by molar-refractivity contribution is 5.96. The van der Waals surface area contributed by atoms with Crippen LogP contribution in [0.25, 0.3) is 16.5 Å². The molecule has 16 heavy (non-hydrogen) atoms. The van der Waals surface area contributed by atoms with Crippen LogP contribution in [0, 0.1) is 0 Å². The van der Waals surface area contributed by atoms with E-state index in [0.29, 0.717) is 5.69 Å². The molecule has 0 bridgehead atoms. The van der Waals surface area contributed by atoms with Crippen molar-refractivity contribution < 1.29 is 0 Å². The Morgan fingerprint density at radius 1 is 1.12 bits per heavy atom. The van der Waals surface area contributed by atoms with Crippen LogP contribution < -0.4 is 5.73 Å². The minimum absolute atomic E-state index is 0.686. The quantitative estimate of drug-likeness (QED) is 0.617. The fourth-order valence-corrected chi connectivity index (χ4v) is 1.71. The van der Waals surface area contributed by atoms with Crippen molar-refractivity contribution in [3.63, 3.8) is 0 Å². The summed E-state index contributed by atoms with van der Waals surface area (Å²) >= 11 is 0. The summed E-state index contributed by atoms with van der Waals surface area (Å²) in [5, 5.41) is 6.06. The summed E-state index contributed by atoms with van der Waals surface area (Å²) < 4.78 is 1.65. The van der Waals surface area contributed by atoms with Gasteiger partial charge in [-0.15, -0.1) is 0 Å². The van der Waals surface area contributed by atoms with E-state index in [-0.39, 0.29) is 0 Å². The Labute approximate surface area is 91.6 Å². The number of rotatable bonds is 1. The fraction of sp³-hybridized carbons (Fsp3) is 0. The standard InChI is InChI=1S/C11H9N5/c12-11-9-3-4-13-5-8(9)1-2-10(11)16-7-14-6-15-16/h1-7H,12H2. The number of benzene rings is 1. The molecule has 0 aliphatic rings. The number of hydrogen-bond acceptors (Lipinski definition) is 4. The predicted octanol–water partition coefficient (Wildman–Crippen LogP) is 1.40. The van der Waals surface area contributed by atoms with E-state index in [9.17, 15) is 0 Å². The van der Waals surface area contributed by atoms with Gasteiger partial charge in [-0.3, -0.25) is 4.98 Å². The first-order chi connectivity index (χ1) is 7.86. The van der Waals surface area contributed by atoms with Crippen molar-refractivity contribution >= 4 is 16.5 Å². The molecule has 0 amide bonds. The van der Waals surface area contributed by atoms with Crippen molar-refractivity contribution in [2.45, 2.75) is 0 Å². The highest BCUT2D eigenvalue weighted by atomic mass is 15.3. The third-order valence-corrected chi connectivity index (χ3v) is 2.50. The number of fused-ring (bicyclic) bond motifs is 1. The normalized spacial score (nSPS) is 10.8. The molecule has 0 saturated carbocycles. The molecule has 78 valence electrons. The minimum atomic E-state index is 0.686. The van der Waals surface area contributed by atoms with Crippen LogP contribution >= 0.6 is 0 Å². The van der Waals surface area contributed by atoms with Crippen LogP contribution in [0.1, 0.15) is 0 Å². The number of nitrogen functional groups attached to an aromatic ring is 1. The molecule has 0 aliphatic heterocycles. The zero-order chi connectivity index (χ0) is 11.0. The van der Waals surface area contributed by atoms with Gasteiger partial charge in [-0.1, -0.05) is 6.07 Å². The van der Waals surface area contributed by atoms with E-state index in [0.717, 1.165) is 16.5 Å². The lowest BCUT2D eigenvalue weighted by atomic mass is 10.1. The summed E-state index contributed by atoms with van der Waals surface area (Å²) in [4.78, 5) is 7.96. The second kappa shape index (κ2) is 3.30. The third kappa shape index (κ3) is 1.22. The molecular weight excluding hydrogens is 202 g/mol. The van der Waals surface area contributed by atoms with Gasteiger partial charge in [-0.2, -0.15) is 5.10 Å². The van der Waals surface area contributed by atoms with Gasteiger partial charge in [0.2, 0.25) is 0 Å². The Bertz CT molecular complexity index is 630. The Balaban J connectivity index is 2.32. The minimum Gasteiger partial charge on any atom is -0.396 e. The summed E-state index contributed by atoms with van der Waals surface area (Å²) in [5.74, 6) is 0. The lowest BCUT2D eigenvalue weighted by Crippen LogP contribution is -2.00. The highest BCUT2D eigenvalue weighted by Crippen LogP contribution is 2.25. The molecule has 0 fully saturated rings. The average Bonchev–Trinajstić information content (AvgIpc) is 2.83. The first-order valence-corrected chi connectivity index (χ1v) is 4.83. The topological polar surface area (TPSA) is 69.6 Å². The van der Waals surface area contributed by atoms with Gasteiger partial charge >= 0.3 is 0 Å². The van der Waals surface area contributed by atoms with Gasteiger partial charge in [0.1, 0.15) is 12.7 Å². The predicted molar refractivity (Wildman–Crippen MR) is 61.1 cm³/mol. The molecule has 0 atom stereocenters. The zero-order valence-electron chi connectivity index (χ0n) is 8.41. The van der Waals surface area contributed by atoms with Crippen LogP contribution in [0.3, 0.4) is 0 Å². The molecule has 0 saturated heterocycles. The van der Waals surface area contributed by atoms with Crippen molar-refractivity contribution in [1.29, 1.82) is 0 Å². The molecule has 0 radical (unpaired) electrons. The first-order valence-electron chi connectivity index (χ1n) is 4.83. The highest BCUT2D eigenvalue weighted by Gasteiger charge is 2.06. The van der Waals surface area contributed by atoms with Gasteiger partial charge in [0.25, 0.3) is 0 Å². The van der Waals surface area contributed by atoms with Gasteiger partial charge in [0.15, 0.2) is 0 Å². The van der Waals surface area contributed by atoms with E-state index in [1.165, 1.54) is 6.33 Å². The number of nitrogens with two attached hydrogens (primary N) is 1. The van der Waals surface area contributed by atoms with E-state index in [1.54, 1.807) is 23.4 Å². The van der Waals surface area contributed by atoms with E-state index >= 15 is 0 Å². The molecule has 0 spiro atoms. The van der Waals surface area contributed by atoms with E-state index in [1.807, 2.05) is 18.2 Å². The van der Waals surface area contributed by atoms with Crippen molar-refractivity contribution in [1.82, 2.24) is 19.7 Å². The Kier molecular flexibility index (Phi) is 1.83. The molecule has 0 unspecified atom stereocenters. The third-order valence-electron chi connectivity index (χ3n) is 2.50. The van der Waals surface area contributed by atoms with E-state index in [2.05, 4.69) is 15.1 Å². The van der Waals surface area contributed by atoms with E-state index in [4.69, 9.17) is 5.73 Å². The number of pyridine rings is 1. The van der Waals surface area contributed by atoms with Crippen LogP contribution in [-0.2, 0) is 0 Å². The Morgan fingerprint density at radius 2 is 2.06 bits per heavy atom. The van der Waals surface area contributed by atoms with Crippen LogP contribution in [-0.4, -0.2) is 19.7 Å². The maximum atomic E-state index is 6.09. The van der Waals surface area contributed by atoms with Crippen molar-refractivity contribution in [3.05, 3.63) is 43.2 Å². The second-order valence-corrected chi connectivity index (χ2v) is 3.44. The van der Waals surface area contributed by atoms with Crippen LogP contribution in [0.2, 0.25) is 0 Å². The number of nitrogens with zero attached hydrogens (tertiary/aromatic N) is 4. The molecule has 2 aromatic heterocycles. The molecule has 5 heteroatoms. The lowest BCUT2D eigenvalue weighted by Gasteiger charge is -2.07. The molecule has 5 nitrogen and oxygen atoms in total. The maximum absolute atomic E-state index is 6.09. The van der Waals surface area contributed by atoms with Crippen LogP contribution in [0.5, 0.6) is 0 Å². The number of hydrogen-bond donors (Lipinski definition) is 1. The molecule has 1 aromatic carbocycles. The largest absolute Gasteiger partial charge is 0.396 e. The van der Waals surface area contributed by atoms with Gasteiger partial charge in [0, 0.05) is 23.2 Å². The molecule has 3 rings (SSSR count). The summed E-state index contributed by atoms with van der Waals surface area (Å²) in [6, 6.07) is 5.77. The monoisotopic (exact) mass is 211 g/mol. The number of anilines is 1. The SMILES string of the molecule is Nc1c(-n2cncn2)ccc2cnccc12. The van der Waals surface area contributed by atoms with Crippen LogP contribution in [0.15, 0.2) is 43.2 Å². The fourth-order valence-electron chi connectivity index (χ4n) is 1.71. The summed E-state index contributed by atoms with van der Waals surface area (Å²) in [7, 11) is 0. The van der Waals surface area contributed by atoms with Crippen molar-refractivity contribution in [2.75, 3.05) is 5.73 Å². The number of aromatic nitrogens is 4. The van der Waals surface area contributed by atoms with Crippen molar-refractivity contribution in [3.8, 4) is 5.69 Å². The molecule has 3 aromatic rings. The smallest absolute Gasteiger partial charge is 0.138 e. The second-order valence-electron chi connectivity index (χ2n) is 3.44. The summed E-state index contributed by atoms with van der Waals surface area (Å²) in [6.07, 6.45) is 6.62. The Hall–Kier alpha value is -2.43. The van der Waals surface area contributed by atoms with Gasteiger partial charge in [0.05, 0.1) is 11.4 Å². The molecule has 0 aliphatic carbocycles. The van der Waals surface area contributed by atoms with Crippen LogP contribution in [0.4, 0.5) is 5.69 Å². The zero-order valence-corrected chi connectivity index (χ0v) is 8.41. The Morgan fingerprint density at radius 3 is 2.88 bits per heavy atom. The average molecular weight is 211 g/mol. The molecule has 2 N–H and O–H groups in total. The maximum Gasteiger partial charge on any atom is 0.138 e. The lowest BCUT2D eigenvalue weighted by molar-refractivity contribution is 0.882. The molecular formula is C11H9N5. The van der Waals surface area contributed by atoms with Gasteiger partial charge < -0.3 is 5.73 Å². The van der Waals surface area contributed by atoms with Crippen molar-refractivity contribution in [2.24, 2.45) is 0 Å². The van der Waals surface area contributed by atoms with Gasteiger partial charge in [-0.25, -0.2) is 9.67 Å². The summed E-state index contributed by atoms with van der Waals surface area (Å²) in [5.41, 5.74) is 7.61. The summed E-state index contributed by atoms with van der Waals surface area (Å²) in [6.45, 7) is 0. The first kappa shape index (κ1) is 8.84. The molecule has 2 heterocycles. The van der Waals surface area contributed by atoms with E-state index < -0.39 is 0 Å².